The molecular formula is C38H50O11. The van der Waals surface area contributed by atoms with Gasteiger partial charge in [-0.2, -0.15) is 0 Å². The summed E-state index contributed by atoms with van der Waals surface area (Å²) in [5, 5.41) is 0. The Hall–Kier alpha value is -2.78. The summed E-state index contributed by atoms with van der Waals surface area (Å²) in [5.74, 6) is 0. The fourth-order valence-corrected chi connectivity index (χ4v) is 6.37. The Bertz CT molecular complexity index is 1320. The van der Waals surface area contributed by atoms with E-state index in [1.165, 1.54) is 0 Å². The maximum atomic E-state index is 6.71. The van der Waals surface area contributed by atoms with E-state index in [9.17, 15) is 0 Å². The first-order chi connectivity index (χ1) is 24.1. The van der Waals surface area contributed by atoms with Crippen LogP contribution >= 0.6 is 0 Å². The van der Waals surface area contributed by atoms with Gasteiger partial charge in [-0.1, -0.05) is 91.0 Å². The fraction of sp³-hybridized carbons (Fsp3) is 0.526. The molecule has 0 aromatic heterocycles. The lowest BCUT2D eigenvalue weighted by atomic mass is 9.97. The van der Waals surface area contributed by atoms with E-state index in [0.29, 0.717) is 19.8 Å². The second-order valence-electron chi connectivity index (χ2n) is 12.0. The Labute approximate surface area is 289 Å². The van der Waals surface area contributed by atoms with Gasteiger partial charge in [-0.15, -0.1) is 0 Å². The Morgan fingerprint density at radius 2 is 0.857 bits per heavy atom. The predicted molar refractivity (Wildman–Crippen MR) is 180 cm³/mol. The molecule has 2 heterocycles. The van der Waals surface area contributed by atoms with E-state index < -0.39 is 61.4 Å². The zero-order valence-corrected chi connectivity index (χ0v) is 29.0. The number of ether oxygens (including phenoxy) is 11. The van der Waals surface area contributed by atoms with Crippen molar-refractivity contribution in [1.82, 2.24) is 0 Å². The molecule has 0 aliphatic carbocycles. The number of methoxy groups -OCH3 is 5. The largest absolute Gasteiger partial charge is 0.382 e. The molecule has 268 valence electrons. The maximum Gasteiger partial charge on any atom is 0.187 e. The molecule has 0 radical (unpaired) electrons. The van der Waals surface area contributed by atoms with Crippen LogP contribution in [0.5, 0.6) is 0 Å². The number of hydrogen-bond donors (Lipinski definition) is 0. The molecule has 0 bridgehead atoms. The minimum Gasteiger partial charge on any atom is -0.382 e. The number of benzene rings is 3. The third kappa shape index (κ3) is 9.93. The molecule has 0 unspecified atom stereocenters. The van der Waals surface area contributed by atoms with Gasteiger partial charge in [0.25, 0.3) is 0 Å². The zero-order chi connectivity index (χ0) is 34.4. The Balaban J connectivity index is 1.42. The summed E-state index contributed by atoms with van der Waals surface area (Å²) < 4.78 is 68.1. The molecule has 2 saturated heterocycles. The van der Waals surface area contributed by atoms with Crippen molar-refractivity contribution in [2.75, 3.05) is 48.8 Å². The molecule has 11 nitrogen and oxygen atoms in total. The van der Waals surface area contributed by atoms with Crippen molar-refractivity contribution in [3.63, 3.8) is 0 Å². The maximum absolute atomic E-state index is 6.71. The normalized spacial score (nSPS) is 30.3. The Morgan fingerprint density at radius 1 is 0.408 bits per heavy atom. The zero-order valence-electron chi connectivity index (χ0n) is 29.0. The summed E-state index contributed by atoms with van der Waals surface area (Å²) in [7, 11) is 8.01. The highest BCUT2D eigenvalue weighted by Gasteiger charge is 2.51. The van der Waals surface area contributed by atoms with E-state index in [1.807, 2.05) is 91.0 Å². The van der Waals surface area contributed by atoms with Crippen LogP contribution in [0.4, 0.5) is 0 Å². The lowest BCUT2D eigenvalue weighted by Crippen LogP contribution is -2.63. The lowest BCUT2D eigenvalue weighted by molar-refractivity contribution is -0.345. The van der Waals surface area contributed by atoms with Crippen molar-refractivity contribution in [2.24, 2.45) is 0 Å². The molecular weight excluding hydrogens is 632 g/mol. The minimum atomic E-state index is -0.823. The number of rotatable bonds is 18. The molecule has 0 amide bonds. The number of hydrogen-bond acceptors (Lipinski definition) is 11. The van der Waals surface area contributed by atoms with Crippen LogP contribution in [0.3, 0.4) is 0 Å². The van der Waals surface area contributed by atoms with E-state index >= 15 is 0 Å². The van der Waals surface area contributed by atoms with Crippen molar-refractivity contribution >= 4 is 0 Å². The summed E-state index contributed by atoms with van der Waals surface area (Å²) in [6.07, 6.45) is -6.07. The van der Waals surface area contributed by atoms with Crippen LogP contribution in [0.15, 0.2) is 91.0 Å². The predicted octanol–water partition coefficient (Wildman–Crippen LogP) is 4.55. The van der Waals surface area contributed by atoms with E-state index in [-0.39, 0.29) is 13.2 Å². The van der Waals surface area contributed by atoms with Gasteiger partial charge in [-0.25, -0.2) is 0 Å². The van der Waals surface area contributed by atoms with Gasteiger partial charge in [-0.05, 0) is 16.7 Å². The van der Waals surface area contributed by atoms with Gasteiger partial charge in [-0.3, -0.25) is 0 Å². The Kier molecular flexibility index (Phi) is 15.0. The third-order valence-corrected chi connectivity index (χ3v) is 8.84. The summed E-state index contributed by atoms with van der Waals surface area (Å²) in [6.45, 7) is 1.32. The van der Waals surface area contributed by atoms with Gasteiger partial charge < -0.3 is 52.1 Å². The van der Waals surface area contributed by atoms with Gasteiger partial charge >= 0.3 is 0 Å². The van der Waals surface area contributed by atoms with Crippen LogP contribution in [-0.4, -0.2) is 110 Å². The molecule has 3 aromatic rings. The summed E-state index contributed by atoms with van der Waals surface area (Å²) in [6, 6.07) is 29.9. The van der Waals surface area contributed by atoms with Gasteiger partial charge in [0.2, 0.25) is 0 Å². The van der Waals surface area contributed by atoms with Crippen molar-refractivity contribution in [2.45, 2.75) is 81.2 Å². The van der Waals surface area contributed by atoms with Crippen LogP contribution in [0.1, 0.15) is 16.7 Å². The van der Waals surface area contributed by atoms with E-state index in [4.69, 9.17) is 52.1 Å². The monoisotopic (exact) mass is 682 g/mol. The molecule has 2 aliphatic heterocycles. The van der Waals surface area contributed by atoms with Gasteiger partial charge in [0, 0.05) is 35.5 Å². The quantitative estimate of drug-likeness (QED) is 0.189. The highest BCUT2D eigenvalue weighted by Crippen LogP contribution is 2.33. The summed E-state index contributed by atoms with van der Waals surface area (Å²) >= 11 is 0. The first kappa shape index (κ1) is 37.5. The minimum absolute atomic E-state index is 0.0637. The SMILES string of the molecule is COC[C@H]1O[C@H](OC[C@H]2O[C@H](OC)[C@H](OCc3ccccc3)[C@@H](OCc3ccccc3)[C@@H]2OCc2ccccc2)[C@H](OC)[C@@H](OC)[C@@H]1OC. The smallest absolute Gasteiger partial charge is 0.187 e. The second-order valence-corrected chi connectivity index (χ2v) is 12.0. The first-order valence-corrected chi connectivity index (χ1v) is 16.6. The molecule has 0 spiro atoms. The topological polar surface area (TPSA) is 102 Å². The highest BCUT2D eigenvalue weighted by molar-refractivity contribution is 5.16. The van der Waals surface area contributed by atoms with Gasteiger partial charge in [0.1, 0.15) is 48.8 Å². The molecule has 49 heavy (non-hydrogen) atoms. The van der Waals surface area contributed by atoms with Gasteiger partial charge in [0.15, 0.2) is 12.6 Å². The molecule has 0 N–H and O–H groups in total. The van der Waals surface area contributed by atoms with Crippen LogP contribution in [0, 0.1) is 0 Å². The van der Waals surface area contributed by atoms with Crippen LogP contribution in [0.2, 0.25) is 0 Å². The fourth-order valence-electron chi connectivity index (χ4n) is 6.37. The second kappa shape index (κ2) is 19.6. The van der Waals surface area contributed by atoms with E-state index in [0.717, 1.165) is 16.7 Å². The highest BCUT2D eigenvalue weighted by atomic mass is 16.7. The van der Waals surface area contributed by atoms with Crippen LogP contribution < -0.4 is 0 Å². The summed E-state index contributed by atoms with van der Waals surface area (Å²) in [5.41, 5.74) is 3.03. The Morgan fingerprint density at radius 3 is 1.33 bits per heavy atom. The van der Waals surface area contributed by atoms with Crippen LogP contribution in [0.25, 0.3) is 0 Å². The molecule has 10 atom stereocenters. The average Bonchev–Trinajstić information content (AvgIpc) is 3.15. The van der Waals surface area contributed by atoms with Crippen LogP contribution in [-0.2, 0) is 71.9 Å². The average molecular weight is 683 g/mol. The van der Waals surface area contributed by atoms with Crippen molar-refractivity contribution < 1.29 is 52.1 Å². The molecule has 0 saturated carbocycles. The molecule has 2 fully saturated rings. The molecule has 3 aromatic carbocycles. The third-order valence-electron chi connectivity index (χ3n) is 8.84. The van der Waals surface area contributed by atoms with E-state index in [1.54, 1.807) is 35.5 Å². The molecule has 11 heteroatoms. The van der Waals surface area contributed by atoms with Crippen molar-refractivity contribution in [3.8, 4) is 0 Å². The lowest BCUT2D eigenvalue weighted by Gasteiger charge is -2.47. The van der Waals surface area contributed by atoms with E-state index in [2.05, 4.69) is 0 Å². The molecule has 2 aliphatic rings. The summed E-state index contributed by atoms with van der Waals surface area (Å²) in [4.78, 5) is 0. The standard InChI is InChI=1S/C38H50O11/c1-39-24-29-31(40-2)33(41-3)35(42-4)38(49-29)47-25-30-32(44-21-26-15-9-6-10-16-26)34(45-22-27-17-11-7-12-18-27)36(37(43-5)48-30)46-23-28-19-13-8-14-20-28/h6-20,29-38H,21-25H2,1-5H3/t29-,30-,31-,32-,33+,34+,35-,36-,37+,38+/m1/s1. The van der Waals surface area contributed by atoms with Crippen molar-refractivity contribution in [3.05, 3.63) is 108 Å². The first-order valence-electron chi connectivity index (χ1n) is 16.6. The van der Waals surface area contributed by atoms with Gasteiger partial charge in [0.05, 0.1) is 33.0 Å². The van der Waals surface area contributed by atoms with Crippen molar-refractivity contribution in [1.29, 1.82) is 0 Å². The molecule has 5 rings (SSSR count).